The van der Waals surface area contributed by atoms with E-state index in [1.165, 1.54) is 16.2 Å². The molecule has 20 heavy (non-hydrogen) atoms. The first-order chi connectivity index (χ1) is 9.36. The fourth-order valence-corrected chi connectivity index (χ4v) is 3.31. The molecule has 2 heterocycles. The van der Waals surface area contributed by atoms with E-state index < -0.39 is 0 Å². The van der Waals surface area contributed by atoms with Gasteiger partial charge in [0, 0.05) is 18.1 Å². The largest absolute Gasteiger partial charge is 0.397 e. The number of aliphatic hydroxyl groups is 1. The molecule has 0 fully saturated rings. The van der Waals surface area contributed by atoms with Crippen LogP contribution in [0.5, 0.6) is 0 Å². The minimum absolute atomic E-state index is 0.0799. The monoisotopic (exact) mass is 293 g/mol. The van der Waals surface area contributed by atoms with Gasteiger partial charge in [0.1, 0.15) is 9.71 Å². The molecule has 0 saturated carbocycles. The van der Waals surface area contributed by atoms with Gasteiger partial charge in [-0.1, -0.05) is 0 Å². The Kier molecular flexibility index (Phi) is 3.96. The number of rotatable bonds is 3. The molecule has 0 bridgehead atoms. The van der Waals surface area contributed by atoms with Crippen LogP contribution in [0.25, 0.3) is 10.2 Å². The van der Waals surface area contributed by atoms with Gasteiger partial charge in [0.25, 0.3) is 5.91 Å². The summed E-state index contributed by atoms with van der Waals surface area (Å²) in [5.41, 5.74) is 8.55. The van der Waals surface area contributed by atoms with Crippen LogP contribution in [0.4, 0.5) is 5.69 Å². The van der Waals surface area contributed by atoms with Crippen molar-refractivity contribution in [1.29, 1.82) is 0 Å². The Hall–Kier alpha value is -1.66. The van der Waals surface area contributed by atoms with Gasteiger partial charge in [-0.05, 0) is 32.4 Å². The summed E-state index contributed by atoms with van der Waals surface area (Å²) in [6.07, 6.45) is 0. The van der Waals surface area contributed by atoms with Gasteiger partial charge in [0.2, 0.25) is 0 Å². The number of anilines is 1. The second kappa shape index (κ2) is 5.38. The van der Waals surface area contributed by atoms with E-state index in [1.807, 2.05) is 19.9 Å². The van der Waals surface area contributed by atoms with Crippen LogP contribution in [-0.2, 0) is 0 Å². The molecule has 2 aromatic rings. The highest BCUT2D eigenvalue weighted by Gasteiger charge is 2.23. The molecule has 1 unspecified atom stereocenters. The van der Waals surface area contributed by atoms with E-state index in [0.29, 0.717) is 10.6 Å². The van der Waals surface area contributed by atoms with Crippen molar-refractivity contribution in [3.8, 4) is 0 Å². The lowest BCUT2D eigenvalue weighted by atomic mass is 10.1. The number of fused-ring (bicyclic) bond motifs is 1. The summed E-state index contributed by atoms with van der Waals surface area (Å²) in [5, 5.41) is 10.0. The molecule has 5 nitrogen and oxygen atoms in total. The summed E-state index contributed by atoms with van der Waals surface area (Å²) in [6, 6.07) is 1.71. The molecule has 1 amide bonds. The first kappa shape index (κ1) is 14.7. The molecular weight excluding hydrogens is 274 g/mol. The maximum Gasteiger partial charge on any atom is 0.266 e. The number of thiophene rings is 1. The number of carbonyl (C=O) groups is 1. The Balaban J connectivity index is 2.53. The van der Waals surface area contributed by atoms with Gasteiger partial charge in [-0.15, -0.1) is 11.3 Å². The zero-order valence-corrected chi connectivity index (χ0v) is 12.9. The number of hydrogen-bond donors (Lipinski definition) is 2. The highest BCUT2D eigenvalue weighted by atomic mass is 32.1. The zero-order chi connectivity index (χ0) is 15.0. The first-order valence-corrected chi connectivity index (χ1v) is 7.22. The van der Waals surface area contributed by atoms with Crippen LogP contribution in [0.15, 0.2) is 6.07 Å². The predicted octanol–water partition coefficient (Wildman–Crippen LogP) is 1.95. The van der Waals surface area contributed by atoms with Crippen LogP contribution in [-0.4, -0.2) is 40.6 Å². The maximum absolute atomic E-state index is 12.4. The molecule has 0 aliphatic rings. The molecule has 0 aromatic carbocycles. The SMILES string of the molecule is Cc1cc(C)c2c(N)c(C(=O)N(C)C(C)CO)sc2n1. The Morgan fingerprint density at radius 3 is 2.80 bits per heavy atom. The van der Waals surface area contributed by atoms with Gasteiger partial charge in [0.05, 0.1) is 18.3 Å². The summed E-state index contributed by atoms with van der Waals surface area (Å²) in [6.45, 7) is 5.59. The van der Waals surface area contributed by atoms with Crippen LogP contribution in [0.2, 0.25) is 0 Å². The highest BCUT2D eigenvalue weighted by molar-refractivity contribution is 7.21. The molecular formula is C14H19N3O2S. The number of hydrogen-bond acceptors (Lipinski definition) is 5. The van der Waals surface area contributed by atoms with E-state index in [9.17, 15) is 4.79 Å². The molecule has 1 atom stereocenters. The van der Waals surface area contributed by atoms with Crippen molar-refractivity contribution >= 4 is 33.1 Å². The Morgan fingerprint density at radius 2 is 2.20 bits per heavy atom. The van der Waals surface area contributed by atoms with E-state index in [0.717, 1.165) is 21.5 Å². The third kappa shape index (κ3) is 2.36. The number of likely N-dealkylation sites (N-methyl/N-ethyl adjacent to an activating group) is 1. The van der Waals surface area contributed by atoms with Gasteiger partial charge >= 0.3 is 0 Å². The summed E-state index contributed by atoms with van der Waals surface area (Å²) in [7, 11) is 1.67. The summed E-state index contributed by atoms with van der Waals surface area (Å²) in [4.78, 5) is 19.7. The van der Waals surface area contributed by atoms with E-state index in [2.05, 4.69) is 4.98 Å². The quantitative estimate of drug-likeness (QED) is 0.906. The van der Waals surface area contributed by atoms with Crippen LogP contribution >= 0.6 is 11.3 Å². The van der Waals surface area contributed by atoms with Crippen molar-refractivity contribution in [2.24, 2.45) is 0 Å². The van der Waals surface area contributed by atoms with Crippen LogP contribution in [0.1, 0.15) is 27.9 Å². The molecule has 0 spiro atoms. The lowest BCUT2D eigenvalue weighted by molar-refractivity contribution is 0.0688. The van der Waals surface area contributed by atoms with Crippen LogP contribution < -0.4 is 5.73 Å². The number of amides is 1. The van der Waals surface area contributed by atoms with Crippen molar-refractivity contribution in [1.82, 2.24) is 9.88 Å². The number of aromatic nitrogens is 1. The predicted molar refractivity (Wildman–Crippen MR) is 82.1 cm³/mol. The Morgan fingerprint density at radius 1 is 1.55 bits per heavy atom. The van der Waals surface area contributed by atoms with E-state index in [1.54, 1.807) is 14.0 Å². The third-order valence-electron chi connectivity index (χ3n) is 3.46. The van der Waals surface area contributed by atoms with Crippen molar-refractivity contribution in [2.75, 3.05) is 19.4 Å². The second-order valence-corrected chi connectivity index (χ2v) is 6.05. The number of nitrogens with zero attached hydrogens (tertiary/aromatic N) is 2. The zero-order valence-electron chi connectivity index (χ0n) is 12.1. The van der Waals surface area contributed by atoms with E-state index in [-0.39, 0.29) is 18.6 Å². The molecule has 0 aliphatic heterocycles. The average Bonchev–Trinajstić information content (AvgIpc) is 2.73. The lowest BCUT2D eigenvalue weighted by Crippen LogP contribution is -2.37. The molecule has 0 radical (unpaired) electrons. The minimum Gasteiger partial charge on any atom is -0.397 e. The summed E-state index contributed by atoms with van der Waals surface area (Å²) in [5.74, 6) is -0.177. The number of pyridine rings is 1. The van der Waals surface area contributed by atoms with Crippen molar-refractivity contribution < 1.29 is 9.90 Å². The van der Waals surface area contributed by atoms with E-state index >= 15 is 0 Å². The van der Waals surface area contributed by atoms with Crippen LogP contribution in [0, 0.1) is 13.8 Å². The normalized spacial score (nSPS) is 12.7. The first-order valence-electron chi connectivity index (χ1n) is 6.41. The van der Waals surface area contributed by atoms with Gasteiger partial charge in [-0.25, -0.2) is 4.98 Å². The molecule has 0 saturated heterocycles. The standard InChI is InChI=1S/C14H19N3O2S/c1-7-5-8(2)16-13-10(7)11(15)12(20-13)14(19)17(4)9(3)6-18/h5,9,18H,6,15H2,1-4H3. The van der Waals surface area contributed by atoms with Gasteiger partial charge in [-0.3, -0.25) is 4.79 Å². The van der Waals surface area contributed by atoms with Crippen molar-refractivity contribution in [3.05, 3.63) is 22.2 Å². The van der Waals surface area contributed by atoms with Gasteiger partial charge in [-0.2, -0.15) is 0 Å². The van der Waals surface area contributed by atoms with Crippen molar-refractivity contribution in [2.45, 2.75) is 26.8 Å². The number of carbonyl (C=O) groups excluding carboxylic acids is 1. The highest BCUT2D eigenvalue weighted by Crippen LogP contribution is 2.35. The smallest absolute Gasteiger partial charge is 0.266 e. The Labute approximate surface area is 122 Å². The van der Waals surface area contributed by atoms with Crippen LogP contribution in [0.3, 0.4) is 0 Å². The van der Waals surface area contributed by atoms with Gasteiger partial charge < -0.3 is 15.7 Å². The topological polar surface area (TPSA) is 79.5 Å². The fraction of sp³-hybridized carbons (Fsp3) is 0.429. The fourth-order valence-electron chi connectivity index (χ4n) is 2.11. The Bertz CT molecular complexity index is 666. The minimum atomic E-state index is -0.247. The number of aryl methyl sites for hydroxylation is 2. The maximum atomic E-state index is 12.4. The lowest BCUT2D eigenvalue weighted by Gasteiger charge is -2.22. The molecule has 0 aliphatic carbocycles. The molecule has 2 rings (SSSR count). The summed E-state index contributed by atoms with van der Waals surface area (Å²) < 4.78 is 0. The molecule has 2 aromatic heterocycles. The number of nitrogens with two attached hydrogens (primary N) is 1. The second-order valence-electron chi connectivity index (χ2n) is 5.05. The third-order valence-corrected chi connectivity index (χ3v) is 4.55. The average molecular weight is 293 g/mol. The van der Waals surface area contributed by atoms with E-state index in [4.69, 9.17) is 10.8 Å². The number of nitrogen functional groups attached to an aromatic ring is 1. The molecule has 3 N–H and O–H groups in total. The van der Waals surface area contributed by atoms with Gasteiger partial charge in [0.15, 0.2) is 0 Å². The molecule has 108 valence electrons. The molecule has 6 heteroatoms. The van der Waals surface area contributed by atoms with Crippen molar-refractivity contribution in [3.63, 3.8) is 0 Å². The summed E-state index contributed by atoms with van der Waals surface area (Å²) >= 11 is 1.31. The number of aliphatic hydroxyl groups excluding tert-OH is 1.